The smallest absolute Gasteiger partial charge is 0.334 e. The lowest BCUT2D eigenvalue weighted by Crippen LogP contribution is -2.15. The van der Waals surface area contributed by atoms with Crippen molar-refractivity contribution in [2.24, 2.45) is 5.92 Å². The fraction of sp³-hybridized carbons (Fsp3) is 0.727. The first-order chi connectivity index (χ1) is 6.66. The van der Waals surface area contributed by atoms with Crippen molar-refractivity contribution in [3.63, 3.8) is 0 Å². The van der Waals surface area contributed by atoms with E-state index in [4.69, 9.17) is 9.84 Å². The van der Waals surface area contributed by atoms with Crippen molar-refractivity contribution in [2.75, 3.05) is 7.11 Å². The van der Waals surface area contributed by atoms with Crippen LogP contribution in [0.15, 0.2) is 11.3 Å². The summed E-state index contributed by atoms with van der Waals surface area (Å²) in [6.45, 7) is 1.62. The van der Waals surface area contributed by atoms with Gasteiger partial charge < -0.3 is 9.84 Å². The van der Waals surface area contributed by atoms with Crippen LogP contribution in [0.4, 0.5) is 0 Å². The average molecular weight is 198 g/mol. The van der Waals surface area contributed by atoms with Crippen LogP contribution in [-0.2, 0) is 9.53 Å². The van der Waals surface area contributed by atoms with E-state index in [0.717, 1.165) is 12.8 Å². The number of methoxy groups -OCH3 is 1. The SMILES string of the molecule is COC(=C(C)C(=O)O)C1CCCCC1. The number of aliphatic carboxylic acids is 1. The van der Waals surface area contributed by atoms with Crippen molar-refractivity contribution in [1.29, 1.82) is 0 Å². The number of ether oxygens (including phenoxy) is 1. The molecule has 3 heteroatoms. The lowest BCUT2D eigenvalue weighted by molar-refractivity contribution is -0.132. The van der Waals surface area contributed by atoms with Crippen LogP contribution in [0.2, 0.25) is 0 Å². The Morgan fingerprint density at radius 2 is 1.86 bits per heavy atom. The number of carbonyl (C=O) groups is 1. The highest BCUT2D eigenvalue weighted by molar-refractivity contribution is 5.86. The van der Waals surface area contributed by atoms with E-state index in [1.165, 1.54) is 19.3 Å². The largest absolute Gasteiger partial charge is 0.500 e. The van der Waals surface area contributed by atoms with E-state index in [2.05, 4.69) is 0 Å². The van der Waals surface area contributed by atoms with Gasteiger partial charge in [0.15, 0.2) is 0 Å². The Hall–Kier alpha value is -0.990. The third kappa shape index (κ3) is 2.50. The Kier molecular flexibility index (Phi) is 3.98. The zero-order chi connectivity index (χ0) is 10.6. The second-order valence-corrected chi connectivity index (χ2v) is 3.83. The Morgan fingerprint density at radius 3 is 2.29 bits per heavy atom. The zero-order valence-corrected chi connectivity index (χ0v) is 8.88. The van der Waals surface area contributed by atoms with Crippen LogP contribution < -0.4 is 0 Å². The Balaban J connectivity index is 2.78. The average Bonchev–Trinajstić information content (AvgIpc) is 2.20. The molecule has 0 radical (unpaired) electrons. The first-order valence-electron chi connectivity index (χ1n) is 5.15. The first kappa shape index (κ1) is 11.1. The standard InChI is InChI=1S/C11H18O3/c1-8(11(12)13)10(14-2)9-6-4-3-5-7-9/h9H,3-7H2,1-2H3,(H,12,13). The molecule has 1 fully saturated rings. The minimum atomic E-state index is -0.868. The van der Waals surface area contributed by atoms with E-state index in [0.29, 0.717) is 17.3 Å². The molecule has 0 bridgehead atoms. The molecule has 0 amide bonds. The molecule has 0 atom stereocenters. The maximum Gasteiger partial charge on any atom is 0.334 e. The summed E-state index contributed by atoms with van der Waals surface area (Å²) in [6, 6.07) is 0. The summed E-state index contributed by atoms with van der Waals surface area (Å²) in [5, 5.41) is 8.88. The maximum absolute atomic E-state index is 10.8. The number of hydrogen-bond donors (Lipinski definition) is 1. The molecule has 0 saturated heterocycles. The minimum absolute atomic E-state index is 0.324. The quantitative estimate of drug-likeness (QED) is 0.560. The summed E-state index contributed by atoms with van der Waals surface area (Å²) < 4.78 is 5.21. The van der Waals surface area contributed by atoms with Crippen LogP contribution >= 0.6 is 0 Å². The second kappa shape index (κ2) is 5.03. The van der Waals surface area contributed by atoms with E-state index in [1.54, 1.807) is 14.0 Å². The molecule has 0 aromatic heterocycles. The van der Waals surface area contributed by atoms with Crippen molar-refractivity contribution >= 4 is 5.97 Å². The number of carboxylic acids is 1. The topological polar surface area (TPSA) is 46.5 Å². The van der Waals surface area contributed by atoms with E-state index < -0.39 is 5.97 Å². The third-order valence-corrected chi connectivity index (χ3v) is 2.89. The van der Waals surface area contributed by atoms with Gasteiger partial charge in [0.2, 0.25) is 0 Å². The summed E-state index contributed by atoms with van der Waals surface area (Å²) in [5.41, 5.74) is 0.361. The van der Waals surface area contributed by atoms with Gasteiger partial charge in [0.05, 0.1) is 12.7 Å². The lowest BCUT2D eigenvalue weighted by atomic mass is 9.86. The van der Waals surface area contributed by atoms with Gasteiger partial charge in [-0.1, -0.05) is 19.3 Å². The molecule has 0 aliphatic heterocycles. The van der Waals surface area contributed by atoms with Crippen molar-refractivity contribution < 1.29 is 14.6 Å². The predicted octanol–water partition coefficient (Wildman–Crippen LogP) is 2.57. The number of rotatable bonds is 3. The molecular formula is C11H18O3. The van der Waals surface area contributed by atoms with Crippen LogP contribution in [0.1, 0.15) is 39.0 Å². The molecule has 0 aromatic carbocycles. The summed E-state index contributed by atoms with van der Waals surface area (Å²) in [5.74, 6) is 0.134. The molecular weight excluding hydrogens is 180 g/mol. The van der Waals surface area contributed by atoms with Gasteiger partial charge in [-0.05, 0) is 19.8 Å². The second-order valence-electron chi connectivity index (χ2n) is 3.83. The van der Waals surface area contributed by atoms with E-state index >= 15 is 0 Å². The molecule has 1 aliphatic carbocycles. The minimum Gasteiger partial charge on any atom is -0.500 e. The summed E-state index contributed by atoms with van der Waals surface area (Å²) in [6.07, 6.45) is 5.76. The summed E-state index contributed by atoms with van der Waals surface area (Å²) in [4.78, 5) is 10.8. The predicted molar refractivity (Wildman–Crippen MR) is 53.9 cm³/mol. The lowest BCUT2D eigenvalue weighted by Gasteiger charge is -2.24. The van der Waals surface area contributed by atoms with E-state index in [1.807, 2.05) is 0 Å². The molecule has 0 unspecified atom stereocenters. The van der Waals surface area contributed by atoms with Gasteiger partial charge in [0.25, 0.3) is 0 Å². The summed E-state index contributed by atoms with van der Waals surface area (Å²) in [7, 11) is 1.57. The molecule has 1 aliphatic rings. The van der Waals surface area contributed by atoms with Gasteiger partial charge in [-0.15, -0.1) is 0 Å². The van der Waals surface area contributed by atoms with Gasteiger partial charge in [-0.2, -0.15) is 0 Å². The molecule has 1 N–H and O–H groups in total. The van der Waals surface area contributed by atoms with Crippen LogP contribution in [0.25, 0.3) is 0 Å². The summed E-state index contributed by atoms with van der Waals surface area (Å²) >= 11 is 0. The van der Waals surface area contributed by atoms with Crippen molar-refractivity contribution in [2.45, 2.75) is 39.0 Å². The molecule has 80 valence electrons. The highest BCUT2D eigenvalue weighted by atomic mass is 16.5. The van der Waals surface area contributed by atoms with Crippen LogP contribution in [0, 0.1) is 5.92 Å². The zero-order valence-electron chi connectivity index (χ0n) is 8.88. The van der Waals surface area contributed by atoms with Gasteiger partial charge in [-0.25, -0.2) is 4.79 Å². The molecule has 14 heavy (non-hydrogen) atoms. The van der Waals surface area contributed by atoms with Crippen LogP contribution in [-0.4, -0.2) is 18.2 Å². The van der Waals surface area contributed by atoms with Crippen molar-refractivity contribution in [1.82, 2.24) is 0 Å². The van der Waals surface area contributed by atoms with Gasteiger partial charge in [-0.3, -0.25) is 0 Å². The Bertz CT molecular complexity index is 237. The van der Waals surface area contributed by atoms with Crippen LogP contribution in [0.3, 0.4) is 0 Å². The first-order valence-corrected chi connectivity index (χ1v) is 5.15. The Morgan fingerprint density at radius 1 is 1.29 bits per heavy atom. The van der Waals surface area contributed by atoms with Crippen molar-refractivity contribution in [3.8, 4) is 0 Å². The molecule has 3 nitrogen and oxygen atoms in total. The molecule has 1 rings (SSSR count). The fourth-order valence-electron chi connectivity index (χ4n) is 2.10. The third-order valence-electron chi connectivity index (χ3n) is 2.89. The molecule has 0 aromatic rings. The van der Waals surface area contributed by atoms with Gasteiger partial charge in [0, 0.05) is 5.92 Å². The highest BCUT2D eigenvalue weighted by Gasteiger charge is 2.22. The maximum atomic E-state index is 10.8. The Labute approximate surface area is 84.8 Å². The normalized spacial score (nSPS) is 20.1. The number of allylic oxidation sites excluding steroid dienone is 1. The van der Waals surface area contributed by atoms with Gasteiger partial charge in [0.1, 0.15) is 5.76 Å². The fourth-order valence-corrected chi connectivity index (χ4v) is 2.10. The molecule has 0 heterocycles. The van der Waals surface area contributed by atoms with Crippen LogP contribution in [0.5, 0.6) is 0 Å². The van der Waals surface area contributed by atoms with Gasteiger partial charge >= 0.3 is 5.97 Å². The van der Waals surface area contributed by atoms with Crippen molar-refractivity contribution in [3.05, 3.63) is 11.3 Å². The van der Waals surface area contributed by atoms with E-state index in [-0.39, 0.29) is 0 Å². The monoisotopic (exact) mass is 198 g/mol. The van der Waals surface area contributed by atoms with E-state index in [9.17, 15) is 4.79 Å². The number of carboxylic acid groups (broad SMARTS) is 1. The molecule has 0 spiro atoms. The number of hydrogen-bond acceptors (Lipinski definition) is 2. The highest BCUT2D eigenvalue weighted by Crippen LogP contribution is 2.31. The molecule has 1 saturated carbocycles.